The zero-order chi connectivity index (χ0) is 18.9. The molecule has 0 aromatic heterocycles. The topological polar surface area (TPSA) is 76.7 Å². The van der Waals surface area contributed by atoms with Gasteiger partial charge in [-0.05, 0) is 35.9 Å². The Balaban J connectivity index is 1.77. The summed E-state index contributed by atoms with van der Waals surface area (Å²) in [6.45, 7) is 0.646. The number of rotatable bonds is 8. The lowest BCUT2D eigenvalue weighted by Gasteiger charge is -2.10. The van der Waals surface area contributed by atoms with Crippen molar-refractivity contribution in [2.45, 2.75) is 6.42 Å². The van der Waals surface area contributed by atoms with Crippen LogP contribution in [0.1, 0.15) is 15.9 Å². The number of halogens is 1. The Hall–Kier alpha value is -2.73. The number of carbonyl (C=O) groups is 2. The number of ether oxygens (including phenoxy) is 2. The Kier molecular flexibility index (Phi) is 7.29. The fourth-order valence-electron chi connectivity index (χ4n) is 2.35. The first-order chi connectivity index (χ1) is 12.5. The second kappa shape index (κ2) is 9.68. The van der Waals surface area contributed by atoms with E-state index in [0.717, 1.165) is 5.56 Å². The molecule has 2 N–H and O–H groups in total. The van der Waals surface area contributed by atoms with E-state index in [1.165, 1.54) is 14.2 Å². The summed E-state index contributed by atoms with van der Waals surface area (Å²) >= 11 is 5.89. The van der Waals surface area contributed by atoms with Gasteiger partial charge in [-0.2, -0.15) is 0 Å². The quantitative estimate of drug-likeness (QED) is 0.694. The maximum absolute atomic E-state index is 12.2. The SMILES string of the molecule is COc1ccc(C(=O)NCCNC(=O)Cc2cccc(Cl)c2)cc1OC. The van der Waals surface area contributed by atoms with Gasteiger partial charge in [0.1, 0.15) is 0 Å². The van der Waals surface area contributed by atoms with Crippen molar-refractivity contribution in [1.29, 1.82) is 0 Å². The van der Waals surface area contributed by atoms with Crippen LogP contribution >= 0.6 is 11.6 Å². The number of methoxy groups -OCH3 is 2. The molecule has 138 valence electrons. The molecule has 7 heteroatoms. The van der Waals surface area contributed by atoms with E-state index in [1.54, 1.807) is 36.4 Å². The molecule has 0 spiro atoms. The van der Waals surface area contributed by atoms with Crippen molar-refractivity contribution in [1.82, 2.24) is 10.6 Å². The monoisotopic (exact) mass is 376 g/mol. The van der Waals surface area contributed by atoms with Crippen molar-refractivity contribution in [2.75, 3.05) is 27.3 Å². The molecule has 0 aliphatic rings. The average molecular weight is 377 g/mol. The summed E-state index contributed by atoms with van der Waals surface area (Å²) in [6, 6.07) is 12.1. The van der Waals surface area contributed by atoms with E-state index in [1.807, 2.05) is 6.07 Å². The van der Waals surface area contributed by atoms with Crippen LogP contribution in [-0.2, 0) is 11.2 Å². The summed E-state index contributed by atoms with van der Waals surface area (Å²) < 4.78 is 10.3. The highest BCUT2D eigenvalue weighted by Gasteiger charge is 2.10. The number of amides is 2. The van der Waals surface area contributed by atoms with E-state index in [0.29, 0.717) is 35.2 Å². The molecule has 0 aliphatic carbocycles. The molecule has 0 fully saturated rings. The molecule has 2 aromatic rings. The Labute approximate surface area is 157 Å². The third-order valence-corrected chi connectivity index (χ3v) is 3.87. The smallest absolute Gasteiger partial charge is 0.251 e. The van der Waals surface area contributed by atoms with Gasteiger partial charge in [0.2, 0.25) is 5.91 Å². The Morgan fingerprint density at radius 1 is 0.962 bits per heavy atom. The minimum absolute atomic E-state index is 0.132. The zero-order valence-corrected chi connectivity index (χ0v) is 15.4. The molecule has 0 saturated heterocycles. The van der Waals surface area contributed by atoms with E-state index in [4.69, 9.17) is 21.1 Å². The molecule has 0 heterocycles. The molecule has 0 atom stereocenters. The van der Waals surface area contributed by atoms with Crippen molar-refractivity contribution in [3.05, 3.63) is 58.6 Å². The summed E-state index contributed by atoms with van der Waals surface area (Å²) in [4.78, 5) is 24.0. The molecular formula is C19H21ClN2O4. The number of carbonyl (C=O) groups excluding carboxylic acids is 2. The van der Waals surface area contributed by atoms with Crippen LogP contribution in [-0.4, -0.2) is 39.1 Å². The highest BCUT2D eigenvalue weighted by atomic mass is 35.5. The van der Waals surface area contributed by atoms with Gasteiger partial charge >= 0.3 is 0 Å². The first-order valence-corrected chi connectivity index (χ1v) is 8.42. The van der Waals surface area contributed by atoms with E-state index in [2.05, 4.69) is 10.6 Å². The fraction of sp³-hybridized carbons (Fsp3) is 0.263. The highest BCUT2D eigenvalue weighted by Crippen LogP contribution is 2.27. The van der Waals surface area contributed by atoms with E-state index in [-0.39, 0.29) is 18.2 Å². The molecule has 0 radical (unpaired) electrons. The van der Waals surface area contributed by atoms with Crippen molar-refractivity contribution >= 4 is 23.4 Å². The normalized spacial score (nSPS) is 10.1. The first-order valence-electron chi connectivity index (χ1n) is 8.05. The molecule has 0 unspecified atom stereocenters. The predicted octanol–water partition coefficient (Wildman–Crippen LogP) is 2.45. The fourth-order valence-corrected chi connectivity index (χ4v) is 2.57. The van der Waals surface area contributed by atoms with Crippen LogP contribution in [0.2, 0.25) is 5.02 Å². The van der Waals surface area contributed by atoms with Gasteiger partial charge < -0.3 is 20.1 Å². The maximum atomic E-state index is 12.2. The molecule has 0 saturated carbocycles. The van der Waals surface area contributed by atoms with E-state index in [9.17, 15) is 9.59 Å². The molecule has 0 aliphatic heterocycles. The first kappa shape index (κ1) is 19.6. The molecule has 6 nitrogen and oxygen atoms in total. The maximum Gasteiger partial charge on any atom is 0.251 e. The highest BCUT2D eigenvalue weighted by molar-refractivity contribution is 6.30. The average Bonchev–Trinajstić information content (AvgIpc) is 2.64. The molecule has 2 aromatic carbocycles. The van der Waals surface area contributed by atoms with Gasteiger partial charge in [0, 0.05) is 23.7 Å². The predicted molar refractivity (Wildman–Crippen MR) is 100 cm³/mol. The van der Waals surface area contributed by atoms with Crippen molar-refractivity contribution in [3.63, 3.8) is 0 Å². The Morgan fingerprint density at radius 3 is 2.38 bits per heavy atom. The van der Waals surface area contributed by atoms with Crippen LogP contribution in [0.4, 0.5) is 0 Å². The van der Waals surface area contributed by atoms with Crippen LogP contribution in [0.15, 0.2) is 42.5 Å². The Bertz CT molecular complexity index is 780. The van der Waals surface area contributed by atoms with E-state index < -0.39 is 0 Å². The van der Waals surface area contributed by atoms with Gasteiger partial charge in [-0.1, -0.05) is 23.7 Å². The molecule has 2 amide bonds. The zero-order valence-electron chi connectivity index (χ0n) is 14.7. The summed E-state index contributed by atoms with van der Waals surface area (Å²) in [5.41, 5.74) is 1.29. The number of benzene rings is 2. The van der Waals surface area contributed by atoms with Crippen molar-refractivity contribution in [2.24, 2.45) is 0 Å². The van der Waals surface area contributed by atoms with Gasteiger partial charge in [-0.25, -0.2) is 0 Å². The molecule has 2 rings (SSSR count). The summed E-state index contributed by atoms with van der Waals surface area (Å²) in [5.74, 6) is 0.648. The standard InChI is InChI=1S/C19H21ClN2O4/c1-25-16-7-6-14(12-17(16)26-2)19(24)22-9-8-21-18(23)11-13-4-3-5-15(20)10-13/h3-7,10,12H,8-9,11H2,1-2H3,(H,21,23)(H,22,24). The minimum atomic E-state index is -0.255. The lowest BCUT2D eigenvalue weighted by atomic mass is 10.1. The van der Waals surface area contributed by atoms with Crippen molar-refractivity contribution in [3.8, 4) is 11.5 Å². The lowest BCUT2D eigenvalue weighted by molar-refractivity contribution is -0.120. The third kappa shape index (κ3) is 5.67. The summed E-state index contributed by atoms with van der Waals surface area (Å²) in [5, 5.41) is 6.10. The van der Waals surface area contributed by atoms with Gasteiger partial charge in [0.05, 0.1) is 20.6 Å². The minimum Gasteiger partial charge on any atom is -0.493 e. The number of hydrogen-bond acceptors (Lipinski definition) is 4. The van der Waals surface area contributed by atoms with Gasteiger partial charge in [0.25, 0.3) is 5.91 Å². The second-order valence-corrected chi connectivity index (χ2v) is 5.92. The Morgan fingerprint density at radius 2 is 1.69 bits per heavy atom. The van der Waals surface area contributed by atoms with Gasteiger partial charge in [-0.15, -0.1) is 0 Å². The number of nitrogens with one attached hydrogen (secondary N) is 2. The molecule has 26 heavy (non-hydrogen) atoms. The van der Waals surface area contributed by atoms with E-state index >= 15 is 0 Å². The lowest BCUT2D eigenvalue weighted by Crippen LogP contribution is -2.35. The molecule has 0 bridgehead atoms. The summed E-state index contributed by atoms with van der Waals surface area (Å²) in [7, 11) is 3.04. The second-order valence-electron chi connectivity index (χ2n) is 5.48. The summed E-state index contributed by atoms with van der Waals surface area (Å²) in [6.07, 6.45) is 0.240. The third-order valence-electron chi connectivity index (χ3n) is 3.63. The number of hydrogen-bond donors (Lipinski definition) is 2. The van der Waals surface area contributed by atoms with Crippen LogP contribution in [0.25, 0.3) is 0 Å². The molecular weight excluding hydrogens is 356 g/mol. The van der Waals surface area contributed by atoms with Gasteiger partial charge in [0.15, 0.2) is 11.5 Å². The van der Waals surface area contributed by atoms with Gasteiger partial charge in [-0.3, -0.25) is 9.59 Å². The largest absolute Gasteiger partial charge is 0.493 e. The van der Waals surface area contributed by atoms with Crippen molar-refractivity contribution < 1.29 is 19.1 Å². The van der Waals surface area contributed by atoms with Crippen LogP contribution in [0, 0.1) is 0 Å². The van der Waals surface area contributed by atoms with Crippen LogP contribution < -0.4 is 20.1 Å². The van der Waals surface area contributed by atoms with Crippen LogP contribution in [0.3, 0.4) is 0 Å². The van der Waals surface area contributed by atoms with Crippen LogP contribution in [0.5, 0.6) is 11.5 Å².